The van der Waals surface area contributed by atoms with Gasteiger partial charge in [-0.25, -0.2) is 0 Å². The first-order valence-corrected chi connectivity index (χ1v) is 9.38. The van der Waals surface area contributed by atoms with Gasteiger partial charge in [-0.2, -0.15) is 0 Å². The Kier molecular flexibility index (Phi) is 5.96. The standard InChI is InChI=1S/C20H23ClN4O2/c1-14(2)20(27)25-10-8-24(9-11-25)18-6-5-16(21)12-17(18)23-19(26)15-4-3-7-22-13-15/h3-7,12-14H,8-11H2,1-2H3,(H,23,26). The number of hydrogen-bond donors (Lipinski definition) is 1. The first-order valence-electron chi connectivity index (χ1n) is 9.00. The van der Waals surface area contributed by atoms with Crippen LogP contribution < -0.4 is 10.2 Å². The molecule has 2 heterocycles. The number of aromatic nitrogens is 1. The maximum Gasteiger partial charge on any atom is 0.257 e. The predicted octanol–water partition coefficient (Wildman–Crippen LogP) is 3.29. The number of halogens is 1. The summed E-state index contributed by atoms with van der Waals surface area (Å²) in [7, 11) is 0. The second-order valence-electron chi connectivity index (χ2n) is 6.82. The highest BCUT2D eigenvalue weighted by Gasteiger charge is 2.24. The lowest BCUT2D eigenvalue weighted by atomic mass is 10.1. The van der Waals surface area contributed by atoms with Crippen LogP contribution in [0.1, 0.15) is 24.2 Å². The quantitative estimate of drug-likeness (QED) is 0.875. The Morgan fingerprint density at radius 3 is 2.52 bits per heavy atom. The van der Waals surface area contributed by atoms with Crippen LogP contribution in [-0.4, -0.2) is 47.9 Å². The molecule has 1 fully saturated rings. The summed E-state index contributed by atoms with van der Waals surface area (Å²) in [4.78, 5) is 32.7. The third-order valence-electron chi connectivity index (χ3n) is 4.56. The van der Waals surface area contributed by atoms with Crippen molar-refractivity contribution in [1.29, 1.82) is 0 Å². The molecule has 6 nitrogen and oxygen atoms in total. The molecule has 0 radical (unpaired) electrons. The van der Waals surface area contributed by atoms with E-state index in [-0.39, 0.29) is 17.7 Å². The van der Waals surface area contributed by atoms with Crippen molar-refractivity contribution < 1.29 is 9.59 Å². The molecule has 0 atom stereocenters. The molecule has 1 aliphatic heterocycles. The fraction of sp³-hybridized carbons (Fsp3) is 0.350. The van der Waals surface area contributed by atoms with Gasteiger partial charge < -0.3 is 15.1 Å². The molecule has 1 aromatic heterocycles. The molecule has 142 valence electrons. The summed E-state index contributed by atoms with van der Waals surface area (Å²) in [6, 6.07) is 8.89. The first-order chi connectivity index (χ1) is 13.0. The van der Waals surface area contributed by atoms with Crippen LogP contribution in [0.5, 0.6) is 0 Å². The molecule has 0 bridgehead atoms. The monoisotopic (exact) mass is 386 g/mol. The minimum absolute atomic E-state index is 0.00131. The molecule has 0 saturated carbocycles. The predicted molar refractivity (Wildman–Crippen MR) is 107 cm³/mol. The van der Waals surface area contributed by atoms with Gasteiger partial charge in [0, 0.05) is 49.5 Å². The van der Waals surface area contributed by atoms with Gasteiger partial charge in [0.1, 0.15) is 0 Å². The molecule has 0 unspecified atom stereocenters. The first kappa shape index (κ1) is 19.2. The van der Waals surface area contributed by atoms with Crippen LogP contribution in [0.2, 0.25) is 5.02 Å². The second-order valence-corrected chi connectivity index (χ2v) is 7.26. The lowest BCUT2D eigenvalue weighted by molar-refractivity contribution is -0.134. The van der Waals surface area contributed by atoms with Crippen molar-refractivity contribution in [3.8, 4) is 0 Å². The van der Waals surface area contributed by atoms with Crippen molar-refractivity contribution in [1.82, 2.24) is 9.88 Å². The molecule has 1 saturated heterocycles. The number of pyridine rings is 1. The Morgan fingerprint density at radius 2 is 1.89 bits per heavy atom. The van der Waals surface area contributed by atoms with Gasteiger partial charge in [-0.15, -0.1) is 0 Å². The molecule has 27 heavy (non-hydrogen) atoms. The Labute approximate surface area is 164 Å². The fourth-order valence-corrected chi connectivity index (χ4v) is 3.28. The van der Waals surface area contributed by atoms with E-state index in [0.29, 0.717) is 42.5 Å². The number of carbonyl (C=O) groups excluding carboxylic acids is 2. The van der Waals surface area contributed by atoms with Gasteiger partial charge in [0.15, 0.2) is 0 Å². The van der Waals surface area contributed by atoms with Crippen molar-refractivity contribution >= 4 is 34.8 Å². The average Bonchev–Trinajstić information content (AvgIpc) is 2.68. The molecule has 1 N–H and O–H groups in total. The van der Waals surface area contributed by atoms with Crippen molar-refractivity contribution in [2.75, 3.05) is 36.4 Å². The van der Waals surface area contributed by atoms with E-state index in [1.807, 2.05) is 30.9 Å². The highest BCUT2D eigenvalue weighted by atomic mass is 35.5. The molecule has 1 aromatic carbocycles. The van der Waals surface area contributed by atoms with Crippen LogP contribution in [0.4, 0.5) is 11.4 Å². The summed E-state index contributed by atoms with van der Waals surface area (Å²) in [5.74, 6) is -0.0579. The normalized spacial score (nSPS) is 14.4. The van der Waals surface area contributed by atoms with Crippen LogP contribution in [0.15, 0.2) is 42.7 Å². The highest BCUT2D eigenvalue weighted by molar-refractivity contribution is 6.31. The summed E-state index contributed by atoms with van der Waals surface area (Å²) in [5, 5.41) is 3.48. The van der Waals surface area contributed by atoms with Crippen LogP contribution in [-0.2, 0) is 4.79 Å². The second kappa shape index (κ2) is 8.39. The molecule has 0 spiro atoms. The number of nitrogens with zero attached hydrogens (tertiary/aromatic N) is 3. The Balaban J connectivity index is 1.75. The minimum Gasteiger partial charge on any atom is -0.366 e. The summed E-state index contributed by atoms with van der Waals surface area (Å²) < 4.78 is 0. The smallest absolute Gasteiger partial charge is 0.257 e. The molecule has 7 heteroatoms. The van der Waals surface area contributed by atoms with Gasteiger partial charge in [0.05, 0.1) is 16.9 Å². The molecule has 0 aliphatic carbocycles. The third kappa shape index (κ3) is 4.57. The summed E-state index contributed by atoms with van der Waals surface area (Å²) in [6.07, 6.45) is 3.15. The molecular formula is C20H23ClN4O2. The Hall–Kier alpha value is -2.60. The molecule has 2 aromatic rings. The van der Waals surface area contributed by atoms with Gasteiger partial charge in [-0.05, 0) is 30.3 Å². The lowest BCUT2D eigenvalue weighted by Crippen LogP contribution is -2.50. The number of anilines is 2. The van der Waals surface area contributed by atoms with E-state index in [0.717, 1.165) is 5.69 Å². The van der Waals surface area contributed by atoms with Gasteiger partial charge in [-0.1, -0.05) is 25.4 Å². The number of hydrogen-bond acceptors (Lipinski definition) is 4. The number of piperazine rings is 1. The minimum atomic E-state index is -0.236. The van der Waals surface area contributed by atoms with Gasteiger partial charge >= 0.3 is 0 Å². The number of amides is 2. The van der Waals surface area contributed by atoms with E-state index in [9.17, 15) is 9.59 Å². The van der Waals surface area contributed by atoms with Crippen molar-refractivity contribution in [2.45, 2.75) is 13.8 Å². The van der Waals surface area contributed by atoms with Gasteiger partial charge in [-0.3, -0.25) is 14.6 Å². The maximum absolute atomic E-state index is 12.5. The number of nitrogens with one attached hydrogen (secondary N) is 1. The number of carbonyl (C=O) groups is 2. The van der Waals surface area contributed by atoms with E-state index < -0.39 is 0 Å². The average molecular weight is 387 g/mol. The largest absolute Gasteiger partial charge is 0.366 e. The van der Waals surface area contributed by atoms with Crippen molar-refractivity contribution in [3.05, 3.63) is 53.3 Å². The topological polar surface area (TPSA) is 65.5 Å². The van der Waals surface area contributed by atoms with Crippen LogP contribution >= 0.6 is 11.6 Å². The van der Waals surface area contributed by atoms with E-state index in [1.54, 1.807) is 24.4 Å². The molecule has 1 aliphatic rings. The SMILES string of the molecule is CC(C)C(=O)N1CCN(c2ccc(Cl)cc2NC(=O)c2cccnc2)CC1. The van der Waals surface area contributed by atoms with Crippen LogP contribution in [0.25, 0.3) is 0 Å². The van der Waals surface area contributed by atoms with Crippen LogP contribution in [0.3, 0.4) is 0 Å². The fourth-order valence-electron chi connectivity index (χ4n) is 3.11. The van der Waals surface area contributed by atoms with Gasteiger partial charge in [0.2, 0.25) is 5.91 Å². The van der Waals surface area contributed by atoms with Gasteiger partial charge in [0.25, 0.3) is 5.91 Å². The van der Waals surface area contributed by atoms with Crippen molar-refractivity contribution in [3.63, 3.8) is 0 Å². The number of rotatable bonds is 4. The zero-order valence-electron chi connectivity index (χ0n) is 15.5. The van der Waals surface area contributed by atoms with Crippen LogP contribution in [0, 0.1) is 5.92 Å². The molecule has 3 rings (SSSR count). The Morgan fingerprint density at radius 1 is 1.15 bits per heavy atom. The van der Waals surface area contributed by atoms with E-state index in [4.69, 9.17) is 11.6 Å². The molecule has 2 amide bonds. The van der Waals surface area contributed by atoms with Crippen molar-refractivity contribution in [2.24, 2.45) is 5.92 Å². The maximum atomic E-state index is 12.5. The van der Waals surface area contributed by atoms with E-state index in [1.165, 1.54) is 6.20 Å². The highest BCUT2D eigenvalue weighted by Crippen LogP contribution is 2.30. The summed E-state index contributed by atoms with van der Waals surface area (Å²) in [6.45, 7) is 6.57. The van der Waals surface area contributed by atoms with E-state index in [2.05, 4.69) is 15.2 Å². The lowest BCUT2D eigenvalue weighted by Gasteiger charge is -2.37. The van der Waals surface area contributed by atoms with E-state index >= 15 is 0 Å². The molecular weight excluding hydrogens is 364 g/mol. The summed E-state index contributed by atoms with van der Waals surface area (Å²) in [5.41, 5.74) is 2.03. The Bertz CT molecular complexity index is 818. The third-order valence-corrected chi connectivity index (χ3v) is 4.79. The zero-order valence-corrected chi connectivity index (χ0v) is 16.2. The summed E-state index contributed by atoms with van der Waals surface area (Å²) >= 11 is 6.15. The number of benzene rings is 1. The zero-order chi connectivity index (χ0) is 19.4.